The van der Waals surface area contributed by atoms with Gasteiger partial charge in [0.2, 0.25) is 0 Å². The van der Waals surface area contributed by atoms with E-state index in [1.807, 2.05) is 41.9 Å². The minimum atomic E-state index is -0.0130. The second kappa shape index (κ2) is 8.98. The first kappa shape index (κ1) is 21.6. The number of likely N-dealkylation sites (tertiary alicyclic amines) is 1. The summed E-state index contributed by atoms with van der Waals surface area (Å²) in [7, 11) is 0. The fraction of sp³-hybridized carbons (Fsp3) is 0.333. The molecular formula is C24H26ClN4OS2+. The Balaban J connectivity index is 1.41. The fourth-order valence-electron chi connectivity index (χ4n) is 4.69. The number of carbonyl (C=O) groups excluding carboxylic acids is 1. The Bertz CT molecular complexity index is 1220. The molecule has 4 aromatic rings. The largest absolute Gasteiger partial charge is 0.342 e. The molecule has 0 bridgehead atoms. The van der Waals surface area contributed by atoms with Gasteiger partial charge in [-0.3, -0.25) is 4.79 Å². The van der Waals surface area contributed by atoms with E-state index in [0.717, 1.165) is 26.5 Å². The van der Waals surface area contributed by atoms with Crippen LogP contribution < -0.4 is 10.2 Å². The summed E-state index contributed by atoms with van der Waals surface area (Å²) in [6.07, 6.45) is 2.52. The molecule has 5 nitrogen and oxygen atoms in total. The SMILES string of the molecule is Cc1nn(-c2ccc(Cl)cc2)c2sc(C(=O)N[C@@H](C)[C@@H](c3cccs3)[NH+]3CCCC3)cc12. The molecule has 0 unspecified atom stereocenters. The highest BCUT2D eigenvalue weighted by molar-refractivity contribution is 7.20. The Morgan fingerprint density at radius 1 is 1.22 bits per heavy atom. The first-order chi connectivity index (χ1) is 15.5. The van der Waals surface area contributed by atoms with Gasteiger partial charge in [0.15, 0.2) is 0 Å². The molecule has 3 aromatic heterocycles. The maximum Gasteiger partial charge on any atom is 0.261 e. The third-order valence-electron chi connectivity index (χ3n) is 6.23. The number of quaternary nitrogens is 1. The number of thiophene rings is 2. The van der Waals surface area contributed by atoms with Crippen molar-refractivity contribution in [3.8, 4) is 5.69 Å². The lowest BCUT2D eigenvalue weighted by Gasteiger charge is -2.29. The minimum absolute atomic E-state index is 0.0130. The average Bonchev–Trinajstić information content (AvgIpc) is 3.56. The normalized spacial score (nSPS) is 16.5. The molecule has 2 atom stereocenters. The number of amides is 1. The van der Waals surface area contributed by atoms with Gasteiger partial charge in [-0.15, -0.1) is 22.7 Å². The highest BCUT2D eigenvalue weighted by Crippen LogP contribution is 2.31. The topological polar surface area (TPSA) is 51.4 Å². The number of aryl methyl sites for hydroxylation is 1. The number of carbonyl (C=O) groups is 1. The van der Waals surface area contributed by atoms with Gasteiger partial charge in [0.25, 0.3) is 5.91 Å². The number of benzene rings is 1. The third-order valence-corrected chi connectivity index (χ3v) is 8.55. The summed E-state index contributed by atoms with van der Waals surface area (Å²) in [6.45, 7) is 6.46. The van der Waals surface area contributed by atoms with Gasteiger partial charge in [-0.1, -0.05) is 17.7 Å². The molecular weight excluding hydrogens is 460 g/mol. The van der Waals surface area contributed by atoms with Crippen LogP contribution in [-0.4, -0.2) is 34.8 Å². The van der Waals surface area contributed by atoms with Crippen molar-refractivity contribution >= 4 is 50.4 Å². The van der Waals surface area contributed by atoms with Crippen LogP contribution in [0, 0.1) is 6.92 Å². The summed E-state index contributed by atoms with van der Waals surface area (Å²) >= 11 is 9.32. The maximum atomic E-state index is 13.3. The van der Waals surface area contributed by atoms with Crippen LogP contribution in [0.3, 0.4) is 0 Å². The molecule has 1 fully saturated rings. The van der Waals surface area contributed by atoms with E-state index in [0.29, 0.717) is 11.1 Å². The van der Waals surface area contributed by atoms with Crippen molar-refractivity contribution in [1.82, 2.24) is 15.1 Å². The average molecular weight is 486 g/mol. The van der Waals surface area contributed by atoms with Gasteiger partial charge in [-0.2, -0.15) is 5.10 Å². The van der Waals surface area contributed by atoms with Gasteiger partial charge in [0.1, 0.15) is 10.9 Å². The van der Waals surface area contributed by atoms with Crippen molar-refractivity contribution in [3.63, 3.8) is 0 Å². The molecule has 0 spiro atoms. The zero-order valence-electron chi connectivity index (χ0n) is 18.1. The Labute approximate surface area is 200 Å². The van der Waals surface area contributed by atoms with Crippen molar-refractivity contribution in [1.29, 1.82) is 0 Å². The maximum absolute atomic E-state index is 13.3. The van der Waals surface area contributed by atoms with E-state index in [-0.39, 0.29) is 11.9 Å². The second-order valence-electron chi connectivity index (χ2n) is 8.42. The smallest absolute Gasteiger partial charge is 0.261 e. The Kier molecular flexibility index (Phi) is 6.07. The molecule has 0 aliphatic carbocycles. The van der Waals surface area contributed by atoms with Crippen molar-refractivity contribution in [3.05, 3.63) is 68.3 Å². The first-order valence-electron chi connectivity index (χ1n) is 10.9. The van der Waals surface area contributed by atoms with Gasteiger partial charge >= 0.3 is 0 Å². The molecule has 5 rings (SSSR count). The molecule has 166 valence electrons. The lowest BCUT2D eigenvalue weighted by molar-refractivity contribution is -0.920. The van der Waals surface area contributed by atoms with Gasteiger partial charge in [0, 0.05) is 23.3 Å². The molecule has 1 saturated heterocycles. The lowest BCUT2D eigenvalue weighted by Crippen LogP contribution is -3.11. The standard InChI is InChI=1S/C24H25ClN4OS2/c1-15-19-14-21(32-24(19)29(27-15)18-9-7-17(25)8-10-18)23(30)26-16(2)22(20-6-5-13-31-20)28-11-3-4-12-28/h5-10,13-14,16,22H,3-4,11-12H2,1-2H3,(H,26,30)/p+1/t16-,22-/m0/s1. The highest BCUT2D eigenvalue weighted by atomic mass is 35.5. The predicted molar refractivity (Wildman–Crippen MR) is 133 cm³/mol. The van der Waals surface area contributed by atoms with E-state index in [1.165, 1.54) is 42.1 Å². The van der Waals surface area contributed by atoms with Gasteiger partial charge < -0.3 is 10.2 Å². The van der Waals surface area contributed by atoms with Gasteiger partial charge in [0.05, 0.1) is 40.3 Å². The molecule has 1 aromatic carbocycles. The van der Waals surface area contributed by atoms with Crippen molar-refractivity contribution in [2.24, 2.45) is 0 Å². The van der Waals surface area contributed by atoms with Crippen LogP contribution in [0.1, 0.15) is 46.0 Å². The van der Waals surface area contributed by atoms with Crippen molar-refractivity contribution < 1.29 is 9.69 Å². The van der Waals surface area contributed by atoms with Crippen LogP contribution in [-0.2, 0) is 0 Å². The number of hydrogen-bond acceptors (Lipinski definition) is 4. The van der Waals surface area contributed by atoms with Gasteiger partial charge in [-0.25, -0.2) is 4.68 Å². The molecule has 2 N–H and O–H groups in total. The number of halogens is 1. The first-order valence-corrected chi connectivity index (χ1v) is 13.0. The number of fused-ring (bicyclic) bond motifs is 1. The molecule has 8 heteroatoms. The van der Waals surface area contributed by atoms with E-state index < -0.39 is 0 Å². The summed E-state index contributed by atoms with van der Waals surface area (Å²) < 4.78 is 1.90. The summed E-state index contributed by atoms with van der Waals surface area (Å²) in [5, 5.41) is 11.8. The summed E-state index contributed by atoms with van der Waals surface area (Å²) in [5.74, 6) is -0.0130. The summed E-state index contributed by atoms with van der Waals surface area (Å²) in [4.78, 5) is 17.9. The number of rotatable bonds is 6. The third kappa shape index (κ3) is 4.10. The molecule has 1 aliphatic heterocycles. The number of nitrogens with zero attached hydrogens (tertiary/aromatic N) is 2. The van der Waals surface area contributed by atoms with Crippen molar-refractivity contribution in [2.75, 3.05) is 13.1 Å². The van der Waals surface area contributed by atoms with Gasteiger partial charge in [-0.05, 0) is 55.6 Å². The van der Waals surface area contributed by atoms with Crippen LogP contribution in [0.2, 0.25) is 5.02 Å². The van der Waals surface area contributed by atoms with E-state index >= 15 is 0 Å². The summed E-state index contributed by atoms with van der Waals surface area (Å²) in [5.41, 5.74) is 1.85. The monoisotopic (exact) mass is 485 g/mol. The van der Waals surface area contributed by atoms with Crippen LogP contribution in [0.4, 0.5) is 0 Å². The Hall–Kier alpha value is -2.19. The van der Waals surface area contributed by atoms with Crippen molar-refractivity contribution in [2.45, 2.75) is 38.8 Å². The quantitative estimate of drug-likeness (QED) is 0.417. The summed E-state index contributed by atoms with van der Waals surface area (Å²) in [6, 6.07) is 14.2. The van der Waals surface area contributed by atoms with Crippen LogP contribution in [0.25, 0.3) is 15.9 Å². The van der Waals surface area contributed by atoms with E-state index in [9.17, 15) is 4.79 Å². The number of aromatic nitrogens is 2. The van der Waals surface area contributed by atoms with Crippen LogP contribution >= 0.6 is 34.3 Å². The molecule has 32 heavy (non-hydrogen) atoms. The van der Waals surface area contributed by atoms with Crippen LogP contribution in [0.15, 0.2) is 47.8 Å². The molecule has 1 amide bonds. The molecule has 0 radical (unpaired) electrons. The Morgan fingerprint density at radius 2 is 1.97 bits per heavy atom. The number of hydrogen-bond donors (Lipinski definition) is 2. The predicted octanol–water partition coefficient (Wildman–Crippen LogP) is 4.65. The molecule has 1 aliphatic rings. The zero-order valence-corrected chi connectivity index (χ0v) is 20.5. The Morgan fingerprint density at radius 3 is 2.66 bits per heavy atom. The van der Waals surface area contributed by atoms with E-state index in [1.54, 1.807) is 16.2 Å². The van der Waals surface area contributed by atoms with E-state index in [2.05, 4.69) is 34.9 Å². The zero-order chi connectivity index (χ0) is 22.2. The highest BCUT2D eigenvalue weighted by Gasteiger charge is 2.34. The lowest BCUT2D eigenvalue weighted by atomic mass is 10.1. The van der Waals surface area contributed by atoms with Crippen LogP contribution in [0.5, 0.6) is 0 Å². The van der Waals surface area contributed by atoms with E-state index in [4.69, 9.17) is 11.6 Å². The number of nitrogens with one attached hydrogen (secondary N) is 2. The minimum Gasteiger partial charge on any atom is -0.342 e. The molecule has 4 heterocycles. The molecule has 0 saturated carbocycles. The second-order valence-corrected chi connectivity index (χ2v) is 10.9. The fourth-order valence-corrected chi connectivity index (χ4v) is 6.89.